The molecule has 4 nitrogen and oxygen atoms in total. The quantitative estimate of drug-likeness (QED) is 0.524. The first-order valence-electron chi connectivity index (χ1n) is 6.20. The Morgan fingerprint density at radius 3 is 2.22 bits per heavy atom. The number of hydrogen-bond acceptors (Lipinski definition) is 4. The zero-order valence-electron chi connectivity index (χ0n) is 11.0. The molecule has 0 saturated carbocycles. The summed E-state index contributed by atoms with van der Waals surface area (Å²) in [6, 6.07) is 7.00. The van der Waals surface area contributed by atoms with Crippen molar-refractivity contribution in [3.8, 4) is 0 Å². The Balaban J connectivity index is 2.15. The van der Waals surface area contributed by atoms with E-state index in [4.69, 9.17) is 19.5 Å². The van der Waals surface area contributed by atoms with Gasteiger partial charge in [-0.25, -0.2) is 0 Å². The van der Waals surface area contributed by atoms with Crippen molar-refractivity contribution in [3.63, 3.8) is 0 Å². The van der Waals surface area contributed by atoms with Crippen molar-refractivity contribution < 1.29 is 19.5 Å². The maximum atomic E-state index is 8.94. The topological polar surface area (TPSA) is 58.9 Å². The molecule has 0 bridgehead atoms. The molecule has 2 N–H and O–H groups in total. The molecule has 0 atom stereocenters. The highest BCUT2D eigenvalue weighted by Crippen LogP contribution is 2.00. The van der Waals surface area contributed by atoms with E-state index in [1.807, 2.05) is 12.1 Å². The summed E-state index contributed by atoms with van der Waals surface area (Å²) in [6.07, 6.45) is 0. The van der Waals surface area contributed by atoms with E-state index in [9.17, 15) is 0 Å². The van der Waals surface area contributed by atoms with E-state index in [1.165, 1.54) is 0 Å². The third-order valence-electron chi connectivity index (χ3n) is 2.37. The second kappa shape index (κ2) is 8.27. The lowest BCUT2D eigenvalue weighted by molar-refractivity contribution is 0.0314. The van der Waals surface area contributed by atoms with Gasteiger partial charge in [-0.3, -0.25) is 0 Å². The summed E-state index contributed by atoms with van der Waals surface area (Å²) in [4.78, 5) is 0. The molecule has 5 heteroatoms. The molecule has 0 radical (unpaired) electrons. The van der Waals surface area contributed by atoms with Gasteiger partial charge in [0.25, 0.3) is 0 Å². The van der Waals surface area contributed by atoms with Gasteiger partial charge in [0, 0.05) is 6.61 Å². The fourth-order valence-electron chi connectivity index (χ4n) is 1.41. The van der Waals surface area contributed by atoms with Crippen LogP contribution >= 0.6 is 0 Å². The van der Waals surface area contributed by atoms with E-state index >= 15 is 0 Å². The van der Waals surface area contributed by atoms with Gasteiger partial charge in [-0.15, -0.1) is 0 Å². The molecule has 0 aliphatic heterocycles. The molecule has 0 amide bonds. The minimum Gasteiger partial charge on any atom is -0.423 e. The summed E-state index contributed by atoms with van der Waals surface area (Å²) >= 11 is 0. The minimum absolute atomic E-state index is 0.485. The van der Waals surface area contributed by atoms with Crippen LogP contribution in [0.1, 0.15) is 19.4 Å². The Morgan fingerprint density at radius 1 is 1.06 bits per heavy atom. The smallest absolute Gasteiger partial charge is 0.423 e. The SMILES string of the molecule is CC(C)COCCOCc1ccc(B(O)O)cc1. The van der Waals surface area contributed by atoms with Gasteiger partial charge in [0.1, 0.15) is 0 Å². The molecule has 0 aromatic heterocycles. The summed E-state index contributed by atoms with van der Waals surface area (Å²) in [5.74, 6) is 0.544. The third-order valence-corrected chi connectivity index (χ3v) is 2.37. The van der Waals surface area contributed by atoms with Crippen LogP contribution in [0.5, 0.6) is 0 Å². The first-order valence-corrected chi connectivity index (χ1v) is 6.20. The van der Waals surface area contributed by atoms with Crippen LogP contribution in [0.4, 0.5) is 0 Å². The van der Waals surface area contributed by atoms with Gasteiger partial charge < -0.3 is 19.5 Å². The standard InChI is InChI=1S/C13H21BO4/c1-11(2)9-17-7-8-18-10-12-3-5-13(6-4-12)14(15)16/h3-6,11,15-16H,7-10H2,1-2H3. The van der Waals surface area contributed by atoms with Crippen molar-refractivity contribution in [2.45, 2.75) is 20.5 Å². The Bertz CT molecular complexity index is 324. The fourth-order valence-corrected chi connectivity index (χ4v) is 1.41. The van der Waals surface area contributed by atoms with Crippen LogP contribution in [0.2, 0.25) is 0 Å². The minimum atomic E-state index is -1.41. The lowest BCUT2D eigenvalue weighted by Gasteiger charge is -2.08. The van der Waals surface area contributed by atoms with Crippen molar-refractivity contribution in [1.29, 1.82) is 0 Å². The van der Waals surface area contributed by atoms with Crippen molar-refractivity contribution in [2.75, 3.05) is 19.8 Å². The number of benzene rings is 1. The average Bonchev–Trinajstić information content (AvgIpc) is 2.34. The van der Waals surface area contributed by atoms with Crippen LogP contribution in [0.25, 0.3) is 0 Å². The molecule has 0 spiro atoms. The zero-order valence-corrected chi connectivity index (χ0v) is 11.0. The molecule has 0 saturated heterocycles. The van der Waals surface area contributed by atoms with E-state index in [-0.39, 0.29) is 0 Å². The highest BCUT2D eigenvalue weighted by Gasteiger charge is 2.09. The molecule has 0 aliphatic rings. The van der Waals surface area contributed by atoms with Gasteiger partial charge >= 0.3 is 7.12 Å². The van der Waals surface area contributed by atoms with E-state index in [1.54, 1.807) is 12.1 Å². The molecule has 0 heterocycles. The van der Waals surface area contributed by atoms with Crippen molar-refractivity contribution in [2.24, 2.45) is 5.92 Å². The van der Waals surface area contributed by atoms with Gasteiger partial charge in [0.2, 0.25) is 0 Å². The second-order valence-corrected chi connectivity index (χ2v) is 4.64. The zero-order chi connectivity index (χ0) is 13.4. The molecular formula is C13H21BO4. The average molecular weight is 252 g/mol. The number of rotatable bonds is 8. The van der Waals surface area contributed by atoms with Gasteiger partial charge in [-0.2, -0.15) is 0 Å². The maximum Gasteiger partial charge on any atom is 0.488 e. The van der Waals surface area contributed by atoms with Gasteiger partial charge in [0.05, 0.1) is 19.8 Å². The lowest BCUT2D eigenvalue weighted by atomic mass is 9.80. The first kappa shape index (κ1) is 15.2. The molecule has 100 valence electrons. The highest BCUT2D eigenvalue weighted by molar-refractivity contribution is 6.58. The van der Waals surface area contributed by atoms with E-state index in [0.717, 1.165) is 12.2 Å². The number of hydrogen-bond donors (Lipinski definition) is 2. The van der Waals surface area contributed by atoms with Crippen molar-refractivity contribution >= 4 is 12.6 Å². The third kappa shape index (κ3) is 6.16. The maximum absolute atomic E-state index is 8.94. The van der Waals surface area contributed by atoms with Gasteiger partial charge in [0.15, 0.2) is 0 Å². The van der Waals surface area contributed by atoms with Crippen molar-refractivity contribution in [1.82, 2.24) is 0 Å². The molecule has 0 unspecified atom stereocenters. The molecule has 1 aromatic rings. The molecule has 1 rings (SSSR count). The van der Waals surface area contributed by atoms with Crippen molar-refractivity contribution in [3.05, 3.63) is 29.8 Å². The summed E-state index contributed by atoms with van der Waals surface area (Å²) in [7, 11) is -1.41. The molecule has 0 aliphatic carbocycles. The monoisotopic (exact) mass is 252 g/mol. The van der Waals surface area contributed by atoms with Crippen LogP contribution in [0.15, 0.2) is 24.3 Å². The second-order valence-electron chi connectivity index (χ2n) is 4.64. The highest BCUT2D eigenvalue weighted by atomic mass is 16.5. The van der Waals surface area contributed by atoms with E-state index < -0.39 is 7.12 Å². The Labute approximate surface area is 109 Å². The van der Waals surface area contributed by atoms with Crippen LogP contribution in [0.3, 0.4) is 0 Å². The summed E-state index contributed by atoms with van der Waals surface area (Å²) in [5, 5.41) is 17.9. The Morgan fingerprint density at radius 2 is 1.67 bits per heavy atom. The number of ether oxygens (including phenoxy) is 2. The molecule has 18 heavy (non-hydrogen) atoms. The van der Waals surface area contributed by atoms with Crippen LogP contribution in [0, 0.1) is 5.92 Å². The fraction of sp³-hybridized carbons (Fsp3) is 0.538. The predicted octanol–water partition coefficient (Wildman–Crippen LogP) is 0.556. The Hall–Kier alpha value is -0.875. The molecule has 1 aromatic carbocycles. The van der Waals surface area contributed by atoms with Crippen LogP contribution in [-0.4, -0.2) is 37.0 Å². The predicted molar refractivity (Wildman–Crippen MR) is 71.6 cm³/mol. The van der Waals surface area contributed by atoms with Gasteiger partial charge in [-0.1, -0.05) is 38.1 Å². The molecule has 0 fully saturated rings. The lowest BCUT2D eigenvalue weighted by Crippen LogP contribution is -2.29. The van der Waals surface area contributed by atoms with E-state index in [0.29, 0.717) is 31.2 Å². The molecular weight excluding hydrogens is 231 g/mol. The summed E-state index contributed by atoms with van der Waals surface area (Å²) < 4.78 is 10.8. The first-order chi connectivity index (χ1) is 8.59. The summed E-state index contributed by atoms with van der Waals surface area (Å²) in [5.41, 5.74) is 1.49. The van der Waals surface area contributed by atoms with Crippen LogP contribution in [-0.2, 0) is 16.1 Å². The van der Waals surface area contributed by atoms with E-state index in [2.05, 4.69) is 13.8 Å². The van der Waals surface area contributed by atoms with Crippen LogP contribution < -0.4 is 5.46 Å². The largest absolute Gasteiger partial charge is 0.488 e. The Kier molecular flexibility index (Phi) is 6.97. The normalized spacial score (nSPS) is 10.9. The van der Waals surface area contributed by atoms with Gasteiger partial charge in [-0.05, 0) is 16.9 Å². The summed E-state index contributed by atoms with van der Waals surface area (Å²) in [6.45, 7) is 6.65.